The first-order valence-electron chi connectivity index (χ1n) is 9.64. The Labute approximate surface area is 153 Å². The summed E-state index contributed by atoms with van der Waals surface area (Å²) >= 11 is 0. The van der Waals surface area contributed by atoms with Gasteiger partial charge in [0, 0.05) is 45.0 Å². The van der Waals surface area contributed by atoms with E-state index in [9.17, 15) is 9.59 Å². The molecule has 0 N–H and O–H groups in total. The first-order valence-corrected chi connectivity index (χ1v) is 9.64. The minimum absolute atomic E-state index is 0.111. The predicted molar refractivity (Wildman–Crippen MR) is 95.3 cm³/mol. The van der Waals surface area contributed by atoms with Crippen molar-refractivity contribution in [3.8, 4) is 0 Å². The number of amides is 1. The molecule has 1 amide bonds. The molecule has 2 heterocycles. The molecule has 0 spiro atoms. The Morgan fingerprint density at radius 3 is 2.50 bits per heavy atom. The van der Waals surface area contributed by atoms with Gasteiger partial charge in [0.25, 0.3) is 5.91 Å². The molecule has 1 aromatic heterocycles. The van der Waals surface area contributed by atoms with Gasteiger partial charge in [-0.2, -0.15) is 0 Å². The molecule has 3 fully saturated rings. The summed E-state index contributed by atoms with van der Waals surface area (Å²) in [5.41, 5.74) is 0. The summed E-state index contributed by atoms with van der Waals surface area (Å²) < 4.78 is 5.27. The number of piperazine rings is 1. The molecule has 26 heavy (non-hydrogen) atoms. The summed E-state index contributed by atoms with van der Waals surface area (Å²) in [6.45, 7) is 2.44. The molecule has 1 saturated heterocycles. The highest BCUT2D eigenvalue weighted by Crippen LogP contribution is 2.49. The number of carbonyl (C=O) groups is 2. The van der Waals surface area contributed by atoms with Gasteiger partial charge < -0.3 is 14.5 Å². The zero-order valence-corrected chi connectivity index (χ0v) is 15.0. The number of aromatic nitrogens is 2. The maximum absolute atomic E-state index is 12.3. The van der Waals surface area contributed by atoms with E-state index in [2.05, 4.69) is 14.9 Å². The second kappa shape index (κ2) is 7.60. The second-order valence-electron chi connectivity index (χ2n) is 7.72. The van der Waals surface area contributed by atoms with Gasteiger partial charge in [-0.25, -0.2) is 9.97 Å². The molecule has 4 rings (SSSR count). The van der Waals surface area contributed by atoms with Gasteiger partial charge in [0.1, 0.15) is 0 Å². The van der Waals surface area contributed by atoms with Crippen LogP contribution in [-0.4, -0.2) is 59.5 Å². The average molecular weight is 358 g/mol. The topological polar surface area (TPSA) is 75.6 Å². The summed E-state index contributed by atoms with van der Waals surface area (Å²) in [6, 6.07) is 1.79. The van der Waals surface area contributed by atoms with Crippen molar-refractivity contribution in [2.45, 2.75) is 32.1 Å². The summed E-state index contributed by atoms with van der Waals surface area (Å²) in [6.07, 6.45) is 8.95. The standard InChI is InChI=1S/C19H26N4O3/c24-17(13-26-18(25)12-16-11-14-2-3-15(16)10-14)22-6-8-23(9-7-22)19-20-4-1-5-21-19/h1,4-5,14-16H,2-3,6-13H2/t14-,15+,16-/m0/s1. The molecule has 1 aromatic rings. The number of rotatable bonds is 5. The van der Waals surface area contributed by atoms with Crippen LogP contribution in [0, 0.1) is 17.8 Å². The Kier molecular flexibility index (Phi) is 5.04. The van der Waals surface area contributed by atoms with Gasteiger partial charge >= 0.3 is 5.97 Å². The van der Waals surface area contributed by atoms with Gasteiger partial charge in [-0.1, -0.05) is 6.42 Å². The van der Waals surface area contributed by atoms with E-state index in [0.29, 0.717) is 50.4 Å². The molecule has 2 saturated carbocycles. The smallest absolute Gasteiger partial charge is 0.306 e. The number of carbonyl (C=O) groups excluding carboxylic acids is 2. The largest absolute Gasteiger partial charge is 0.456 e. The number of fused-ring (bicyclic) bond motifs is 2. The van der Waals surface area contributed by atoms with E-state index in [4.69, 9.17) is 4.74 Å². The van der Waals surface area contributed by atoms with Crippen LogP contribution in [0.25, 0.3) is 0 Å². The van der Waals surface area contributed by atoms with Gasteiger partial charge in [0.15, 0.2) is 6.61 Å². The highest BCUT2D eigenvalue weighted by Gasteiger charge is 2.40. The van der Waals surface area contributed by atoms with Crippen molar-refractivity contribution in [3.63, 3.8) is 0 Å². The van der Waals surface area contributed by atoms with Crippen LogP contribution in [0.5, 0.6) is 0 Å². The predicted octanol–water partition coefficient (Wildman–Crippen LogP) is 1.49. The number of nitrogens with zero attached hydrogens (tertiary/aromatic N) is 4. The zero-order chi connectivity index (χ0) is 17.9. The van der Waals surface area contributed by atoms with E-state index in [0.717, 1.165) is 12.3 Å². The zero-order valence-electron chi connectivity index (χ0n) is 15.0. The van der Waals surface area contributed by atoms with Gasteiger partial charge in [-0.15, -0.1) is 0 Å². The van der Waals surface area contributed by atoms with E-state index in [1.165, 1.54) is 19.3 Å². The second-order valence-corrected chi connectivity index (χ2v) is 7.72. The average Bonchev–Trinajstić information content (AvgIpc) is 3.30. The number of hydrogen-bond acceptors (Lipinski definition) is 6. The fourth-order valence-corrected chi connectivity index (χ4v) is 4.74. The first kappa shape index (κ1) is 17.2. The number of anilines is 1. The third-order valence-electron chi connectivity index (χ3n) is 6.14. The van der Waals surface area contributed by atoms with Crippen molar-refractivity contribution in [1.82, 2.24) is 14.9 Å². The third kappa shape index (κ3) is 3.81. The number of esters is 1. The monoisotopic (exact) mass is 358 g/mol. The lowest BCUT2D eigenvalue weighted by Crippen LogP contribution is -2.50. The fraction of sp³-hybridized carbons (Fsp3) is 0.684. The lowest BCUT2D eigenvalue weighted by molar-refractivity contribution is -0.153. The molecular weight excluding hydrogens is 332 g/mol. The molecular formula is C19H26N4O3. The summed E-state index contributed by atoms with van der Waals surface area (Å²) in [7, 11) is 0. The highest BCUT2D eigenvalue weighted by atomic mass is 16.5. The molecule has 7 heteroatoms. The lowest BCUT2D eigenvalue weighted by atomic mass is 9.86. The van der Waals surface area contributed by atoms with Crippen molar-refractivity contribution >= 4 is 17.8 Å². The van der Waals surface area contributed by atoms with Crippen molar-refractivity contribution in [2.75, 3.05) is 37.7 Å². The summed E-state index contributed by atoms with van der Waals surface area (Å²) in [5.74, 6) is 2.37. The summed E-state index contributed by atoms with van der Waals surface area (Å²) in [4.78, 5) is 36.7. The van der Waals surface area contributed by atoms with Crippen LogP contribution in [0.4, 0.5) is 5.95 Å². The van der Waals surface area contributed by atoms with Gasteiger partial charge in [0.05, 0.1) is 0 Å². The molecule has 2 bridgehead atoms. The van der Waals surface area contributed by atoms with E-state index < -0.39 is 0 Å². The number of hydrogen-bond donors (Lipinski definition) is 0. The Hall–Kier alpha value is -2.18. The van der Waals surface area contributed by atoms with E-state index in [-0.39, 0.29) is 18.5 Å². The van der Waals surface area contributed by atoms with E-state index in [1.807, 2.05) is 0 Å². The Morgan fingerprint density at radius 2 is 1.85 bits per heavy atom. The molecule has 3 aliphatic rings. The van der Waals surface area contributed by atoms with Crippen molar-refractivity contribution in [1.29, 1.82) is 0 Å². The van der Waals surface area contributed by atoms with E-state index >= 15 is 0 Å². The number of ether oxygens (including phenoxy) is 1. The molecule has 7 nitrogen and oxygen atoms in total. The van der Waals surface area contributed by atoms with Crippen LogP contribution in [0.15, 0.2) is 18.5 Å². The SMILES string of the molecule is O=C(C[C@@H]1C[C@H]2CC[C@@H]1C2)OCC(=O)N1CCN(c2ncccn2)CC1. The van der Waals surface area contributed by atoms with Crippen LogP contribution >= 0.6 is 0 Å². The molecule has 140 valence electrons. The van der Waals surface area contributed by atoms with Gasteiger partial charge in [-0.05, 0) is 43.1 Å². The molecule has 1 aliphatic heterocycles. The van der Waals surface area contributed by atoms with Crippen LogP contribution < -0.4 is 4.90 Å². The first-order chi connectivity index (χ1) is 12.7. The Morgan fingerprint density at radius 1 is 1.08 bits per heavy atom. The van der Waals surface area contributed by atoms with Crippen LogP contribution in [-0.2, 0) is 14.3 Å². The van der Waals surface area contributed by atoms with Crippen LogP contribution in [0.2, 0.25) is 0 Å². The lowest BCUT2D eigenvalue weighted by Gasteiger charge is -2.34. The fourth-order valence-electron chi connectivity index (χ4n) is 4.74. The molecule has 2 aliphatic carbocycles. The normalized spacial score (nSPS) is 27.6. The Bertz CT molecular complexity index is 645. The van der Waals surface area contributed by atoms with Crippen molar-refractivity contribution in [3.05, 3.63) is 18.5 Å². The van der Waals surface area contributed by atoms with E-state index in [1.54, 1.807) is 23.4 Å². The third-order valence-corrected chi connectivity index (χ3v) is 6.14. The highest BCUT2D eigenvalue weighted by molar-refractivity contribution is 5.81. The minimum Gasteiger partial charge on any atom is -0.456 e. The molecule has 3 atom stereocenters. The maximum Gasteiger partial charge on any atom is 0.306 e. The molecule has 0 radical (unpaired) electrons. The van der Waals surface area contributed by atoms with Crippen LogP contribution in [0.1, 0.15) is 32.1 Å². The van der Waals surface area contributed by atoms with Gasteiger partial charge in [-0.3, -0.25) is 9.59 Å². The quantitative estimate of drug-likeness (QED) is 0.743. The van der Waals surface area contributed by atoms with Gasteiger partial charge in [0.2, 0.25) is 5.95 Å². The molecule has 0 unspecified atom stereocenters. The summed E-state index contributed by atoms with van der Waals surface area (Å²) in [5, 5.41) is 0. The minimum atomic E-state index is -0.216. The maximum atomic E-state index is 12.3. The van der Waals surface area contributed by atoms with Crippen molar-refractivity contribution in [2.24, 2.45) is 17.8 Å². The van der Waals surface area contributed by atoms with Crippen molar-refractivity contribution < 1.29 is 14.3 Å². The molecule has 0 aromatic carbocycles. The Balaban J connectivity index is 1.18. The van der Waals surface area contributed by atoms with Crippen LogP contribution in [0.3, 0.4) is 0 Å².